The minimum Gasteiger partial charge on any atom is -0.475 e. The second-order valence-electron chi connectivity index (χ2n) is 3.08. The number of carbonyl (C=O) groups excluding carboxylic acids is 1. The van der Waals surface area contributed by atoms with Gasteiger partial charge in [0, 0.05) is 6.54 Å². The van der Waals surface area contributed by atoms with E-state index in [1.54, 1.807) is 0 Å². The Bertz CT molecular complexity index is 356. The molecule has 0 bridgehead atoms. The number of rotatable bonds is 5. The van der Waals surface area contributed by atoms with Crippen molar-refractivity contribution in [2.24, 2.45) is 0 Å². The van der Waals surface area contributed by atoms with Crippen LogP contribution in [0.4, 0.5) is 0 Å². The van der Waals surface area contributed by atoms with Crippen molar-refractivity contribution >= 4 is 11.9 Å². The minimum absolute atomic E-state index is 0.0310. The van der Waals surface area contributed by atoms with Crippen LogP contribution in [0.3, 0.4) is 0 Å². The Morgan fingerprint density at radius 2 is 2.07 bits per heavy atom. The van der Waals surface area contributed by atoms with E-state index in [0.717, 1.165) is 12.8 Å². The second kappa shape index (κ2) is 5.19. The van der Waals surface area contributed by atoms with Crippen LogP contribution in [0.25, 0.3) is 0 Å². The van der Waals surface area contributed by atoms with E-state index < -0.39 is 5.97 Å². The molecule has 0 aliphatic rings. The predicted octanol–water partition coefficient (Wildman–Crippen LogP) is 1.51. The molecule has 2 N–H and O–H groups in total. The van der Waals surface area contributed by atoms with Gasteiger partial charge in [0.1, 0.15) is 0 Å². The maximum absolute atomic E-state index is 11.4. The Hall–Kier alpha value is -1.78. The van der Waals surface area contributed by atoms with Crippen LogP contribution in [0, 0.1) is 0 Å². The molecule has 1 aromatic rings. The molecular weight excluding hydrogens is 198 g/mol. The van der Waals surface area contributed by atoms with Crippen LogP contribution in [0.15, 0.2) is 16.5 Å². The van der Waals surface area contributed by atoms with E-state index in [2.05, 4.69) is 5.32 Å². The van der Waals surface area contributed by atoms with Gasteiger partial charge in [0.05, 0.1) is 0 Å². The second-order valence-corrected chi connectivity index (χ2v) is 3.08. The maximum Gasteiger partial charge on any atom is 0.371 e. The number of hydrogen-bond acceptors (Lipinski definition) is 3. The predicted molar refractivity (Wildman–Crippen MR) is 52.9 cm³/mol. The fraction of sp³-hybridized carbons (Fsp3) is 0.400. The van der Waals surface area contributed by atoms with Gasteiger partial charge in [-0.1, -0.05) is 13.3 Å². The standard InChI is InChI=1S/C10H13NO4/c1-2-3-6-11-9(12)7-4-5-8(15-7)10(13)14/h4-5H,2-3,6H2,1H3,(H,11,12)(H,13,14). The third-order valence-corrected chi connectivity index (χ3v) is 1.86. The van der Waals surface area contributed by atoms with E-state index in [0.29, 0.717) is 6.54 Å². The molecule has 0 fully saturated rings. The molecule has 15 heavy (non-hydrogen) atoms. The van der Waals surface area contributed by atoms with Gasteiger partial charge in [-0.2, -0.15) is 0 Å². The van der Waals surface area contributed by atoms with Gasteiger partial charge in [0.15, 0.2) is 5.76 Å². The number of hydrogen-bond donors (Lipinski definition) is 2. The van der Waals surface area contributed by atoms with Gasteiger partial charge in [-0.25, -0.2) is 4.79 Å². The molecule has 5 nitrogen and oxygen atoms in total. The highest BCUT2D eigenvalue weighted by Crippen LogP contribution is 2.07. The lowest BCUT2D eigenvalue weighted by Gasteiger charge is -2.00. The van der Waals surface area contributed by atoms with Crippen LogP contribution in [-0.4, -0.2) is 23.5 Å². The summed E-state index contributed by atoms with van der Waals surface area (Å²) in [5.74, 6) is -1.75. The molecule has 0 aromatic carbocycles. The smallest absolute Gasteiger partial charge is 0.371 e. The first-order valence-corrected chi connectivity index (χ1v) is 4.76. The average molecular weight is 211 g/mol. The number of carboxylic acids is 1. The van der Waals surface area contributed by atoms with Crippen molar-refractivity contribution < 1.29 is 19.1 Å². The summed E-state index contributed by atoms with van der Waals surface area (Å²) in [4.78, 5) is 21.8. The SMILES string of the molecule is CCCCNC(=O)c1ccc(C(=O)O)o1. The third-order valence-electron chi connectivity index (χ3n) is 1.86. The van der Waals surface area contributed by atoms with Crippen molar-refractivity contribution in [2.45, 2.75) is 19.8 Å². The first kappa shape index (κ1) is 11.3. The lowest BCUT2D eigenvalue weighted by Crippen LogP contribution is -2.23. The molecule has 0 saturated heterocycles. The normalized spacial score (nSPS) is 9.93. The van der Waals surface area contributed by atoms with Crippen molar-refractivity contribution in [3.63, 3.8) is 0 Å². The van der Waals surface area contributed by atoms with E-state index in [1.165, 1.54) is 12.1 Å². The van der Waals surface area contributed by atoms with Crippen LogP contribution in [0.1, 0.15) is 40.9 Å². The topological polar surface area (TPSA) is 79.5 Å². The lowest BCUT2D eigenvalue weighted by atomic mass is 10.3. The summed E-state index contributed by atoms with van der Waals surface area (Å²) in [5.41, 5.74) is 0. The highest BCUT2D eigenvalue weighted by Gasteiger charge is 2.13. The van der Waals surface area contributed by atoms with E-state index in [4.69, 9.17) is 9.52 Å². The Morgan fingerprint density at radius 1 is 1.40 bits per heavy atom. The molecule has 1 rings (SSSR count). The molecule has 0 radical (unpaired) electrons. The van der Waals surface area contributed by atoms with Gasteiger partial charge >= 0.3 is 5.97 Å². The van der Waals surface area contributed by atoms with E-state index >= 15 is 0 Å². The minimum atomic E-state index is -1.18. The fourth-order valence-electron chi connectivity index (χ4n) is 1.04. The quantitative estimate of drug-likeness (QED) is 0.723. The number of nitrogens with one attached hydrogen (secondary N) is 1. The summed E-state index contributed by atoms with van der Waals surface area (Å²) in [7, 11) is 0. The summed E-state index contributed by atoms with van der Waals surface area (Å²) in [6, 6.07) is 2.61. The Labute approximate surface area is 87.1 Å². The number of furan rings is 1. The summed E-state index contributed by atoms with van der Waals surface area (Å²) in [5, 5.41) is 11.2. The zero-order chi connectivity index (χ0) is 11.3. The summed E-state index contributed by atoms with van der Waals surface area (Å²) in [6.45, 7) is 2.58. The summed E-state index contributed by atoms with van der Waals surface area (Å²) in [6.07, 6.45) is 1.87. The molecule has 1 aromatic heterocycles. The Morgan fingerprint density at radius 3 is 2.60 bits per heavy atom. The number of amides is 1. The van der Waals surface area contributed by atoms with Crippen LogP contribution in [0.2, 0.25) is 0 Å². The molecule has 5 heteroatoms. The molecule has 1 amide bonds. The highest BCUT2D eigenvalue weighted by molar-refractivity contribution is 5.93. The molecule has 1 heterocycles. The number of carbonyl (C=O) groups is 2. The number of aromatic carboxylic acids is 1. The Kier molecular flexibility index (Phi) is 3.91. The summed E-state index contributed by atoms with van der Waals surface area (Å²) < 4.78 is 4.83. The maximum atomic E-state index is 11.4. The molecule has 0 spiro atoms. The van der Waals surface area contributed by atoms with Crippen molar-refractivity contribution in [1.29, 1.82) is 0 Å². The van der Waals surface area contributed by atoms with Gasteiger partial charge in [0.2, 0.25) is 5.76 Å². The number of carboxylic acid groups (broad SMARTS) is 1. The molecule has 0 atom stereocenters. The van der Waals surface area contributed by atoms with Crippen LogP contribution in [-0.2, 0) is 0 Å². The third kappa shape index (κ3) is 3.12. The monoisotopic (exact) mass is 211 g/mol. The zero-order valence-corrected chi connectivity index (χ0v) is 8.45. The molecule has 0 aliphatic heterocycles. The van der Waals surface area contributed by atoms with Crippen LogP contribution >= 0.6 is 0 Å². The molecule has 0 aliphatic carbocycles. The van der Waals surface area contributed by atoms with Crippen LogP contribution < -0.4 is 5.32 Å². The first-order chi connectivity index (χ1) is 7.15. The van der Waals surface area contributed by atoms with E-state index in [1.807, 2.05) is 6.92 Å². The molecule has 0 saturated carbocycles. The average Bonchev–Trinajstić information content (AvgIpc) is 2.66. The van der Waals surface area contributed by atoms with Crippen LogP contribution in [0.5, 0.6) is 0 Å². The number of unbranched alkanes of at least 4 members (excludes halogenated alkanes) is 1. The first-order valence-electron chi connectivity index (χ1n) is 4.76. The summed E-state index contributed by atoms with van der Waals surface area (Å²) >= 11 is 0. The van der Waals surface area contributed by atoms with Crippen molar-refractivity contribution in [2.75, 3.05) is 6.54 Å². The zero-order valence-electron chi connectivity index (χ0n) is 8.45. The van der Waals surface area contributed by atoms with Crippen molar-refractivity contribution in [3.8, 4) is 0 Å². The molecule has 0 unspecified atom stereocenters. The largest absolute Gasteiger partial charge is 0.475 e. The van der Waals surface area contributed by atoms with Crippen molar-refractivity contribution in [1.82, 2.24) is 5.32 Å². The van der Waals surface area contributed by atoms with Crippen molar-refractivity contribution in [3.05, 3.63) is 23.7 Å². The van der Waals surface area contributed by atoms with Gasteiger partial charge in [0.25, 0.3) is 5.91 Å². The highest BCUT2D eigenvalue weighted by atomic mass is 16.4. The lowest BCUT2D eigenvalue weighted by molar-refractivity contribution is 0.0659. The van der Waals surface area contributed by atoms with Gasteiger partial charge in [-0.15, -0.1) is 0 Å². The molecular formula is C10H13NO4. The molecule has 82 valence electrons. The van der Waals surface area contributed by atoms with Gasteiger partial charge < -0.3 is 14.8 Å². The van der Waals surface area contributed by atoms with E-state index in [-0.39, 0.29) is 17.4 Å². The van der Waals surface area contributed by atoms with E-state index in [9.17, 15) is 9.59 Å². The fourth-order valence-corrected chi connectivity index (χ4v) is 1.04. The van der Waals surface area contributed by atoms with Gasteiger partial charge in [-0.05, 0) is 18.6 Å². The Balaban J connectivity index is 2.54. The van der Waals surface area contributed by atoms with Gasteiger partial charge in [-0.3, -0.25) is 4.79 Å².